The number of fused-ring (bicyclic) bond motifs is 1. The van der Waals surface area contributed by atoms with E-state index in [0.29, 0.717) is 12.0 Å². The molecule has 0 amide bonds. The summed E-state index contributed by atoms with van der Waals surface area (Å²) in [7, 11) is 1.79. The Bertz CT molecular complexity index is 382. The molecule has 3 rings (SSSR count). The fraction of sp³-hybridized carbons (Fsp3) is 0.600. The Hall–Kier alpha value is -1.02. The molecule has 2 heteroatoms. The fourth-order valence-electron chi connectivity index (χ4n) is 3.52. The topological polar surface area (TPSA) is 21.3 Å². The highest BCUT2D eigenvalue weighted by Gasteiger charge is 2.31. The minimum Gasteiger partial charge on any atom is -0.496 e. The van der Waals surface area contributed by atoms with Crippen LogP contribution in [0.2, 0.25) is 0 Å². The van der Waals surface area contributed by atoms with E-state index < -0.39 is 0 Å². The molecule has 0 saturated carbocycles. The minimum absolute atomic E-state index is 0.664. The highest BCUT2D eigenvalue weighted by molar-refractivity contribution is 5.45. The average molecular weight is 231 g/mol. The molecule has 1 heterocycles. The molecule has 0 aromatic heterocycles. The standard InChI is InChI=1S/C15H21NO/c1-17-14-9-3-6-11-5-2-7-12(15(11)14)13-8-4-10-16-13/h3,6,9,12-13,16H,2,4-5,7-8,10H2,1H3. The van der Waals surface area contributed by atoms with Crippen molar-refractivity contribution >= 4 is 0 Å². The number of hydrogen-bond acceptors (Lipinski definition) is 2. The van der Waals surface area contributed by atoms with Crippen molar-refractivity contribution in [3.05, 3.63) is 29.3 Å². The largest absolute Gasteiger partial charge is 0.496 e. The van der Waals surface area contributed by atoms with Crippen LogP contribution in [-0.4, -0.2) is 19.7 Å². The number of aryl methyl sites for hydroxylation is 1. The van der Waals surface area contributed by atoms with Crippen LogP contribution in [0, 0.1) is 0 Å². The van der Waals surface area contributed by atoms with Crippen molar-refractivity contribution in [2.24, 2.45) is 0 Å². The molecule has 2 aliphatic rings. The normalized spacial score (nSPS) is 27.8. The van der Waals surface area contributed by atoms with Crippen molar-refractivity contribution in [2.45, 2.75) is 44.1 Å². The molecule has 1 N–H and O–H groups in total. The second kappa shape index (κ2) is 4.69. The van der Waals surface area contributed by atoms with Gasteiger partial charge in [0.1, 0.15) is 5.75 Å². The third kappa shape index (κ3) is 1.95. The highest BCUT2D eigenvalue weighted by atomic mass is 16.5. The lowest BCUT2D eigenvalue weighted by atomic mass is 9.78. The lowest BCUT2D eigenvalue weighted by Crippen LogP contribution is -2.31. The van der Waals surface area contributed by atoms with E-state index in [-0.39, 0.29) is 0 Å². The maximum Gasteiger partial charge on any atom is 0.122 e. The molecule has 92 valence electrons. The Kier molecular flexibility index (Phi) is 3.06. The van der Waals surface area contributed by atoms with Crippen LogP contribution in [-0.2, 0) is 6.42 Å². The van der Waals surface area contributed by atoms with Crippen molar-refractivity contribution < 1.29 is 4.74 Å². The predicted molar refractivity (Wildman–Crippen MR) is 69.7 cm³/mol. The van der Waals surface area contributed by atoms with Crippen molar-refractivity contribution in [3.8, 4) is 5.75 Å². The van der Waals surface area contributed by atoms with E-state index in [4.69, 9.17) is 4.74 Å². The third-order valence-corrected chi connectivity index (χ3v) is 4.29. The molecule has 2 atom stereocenters. The number of benzene rings is 1. The Labute approximate surface area is 103 Å². The zero-order valence-corrected chi connectivity index (χ0v) is 10.5. The quantitative estimate of drug-likeness (QED) is 0.845. The van der Waals surface area contributed by atoms with Gasteiger partial charge >= 0.3 is 0 Å². The van der Waals surface area contributed by atoms with Crippen LogP contribution in [0.25, 0.3) is 0 Å². The van der Waals surface area contributed by atoms with Crippen molar-refractivity contribution in [1.29, 1.82) is 0 Å². The molecule has 0 spiro atoms. The lowest BCUT2D eigenvalue weighted by Gasteiger charge is -2.31. The second-order valence-electron chi connectivity index (χ2n) is 5.23. The van der Waals surface area contributed by atoms with Gasteiger partial charge in [-0.05, 0) is 50.3 Å². The van der Waals surface area contributed by atoms with E-state index in [0.717, 1.165) is 5.75 Å². The first-order valence-corrected chi connectivity index (χ1v) is 6.79. The third-order valence-electron chi connectivity index (χ3n) is 4.29. The molecular formula is C15H21NO. The molecule has 1 aliphatic carbocycles. The van der Waals surface area contributed by atoms with Gasteiger partial charge in [0.25, 0.3) is 0 Å². The van der Waals surface area contributed by atoms with Crippen LogP contribution in [0.3, 0.4) is 0 Å². The van der Waals surface area contributed by atoms with E-state index in [1.165, 1.54) is 49.8 Å². The molecular weight excluding hydrogens is 210 g/mol. The van der Waals surface area contributed by atoms with Gasteiger partial charge in [0.05, 0.1) is 7.11 Å². The summed E-state index contributed by atoms with van der Waals surface area (Å²) in [5.74, 6) is 1.76. The molecule has 1 saturated heterocycles. The Morgan fingerprint density at radius 1 is 1.24 bits per heavy atom. The minimum atomic E-state index is 0.664. The van der Waals surface area contributed by atoms with E-state index in [9.17, 15) is 0 Å². The zero-order valence-electron chi connectivity index (χ0n) is 10.5. The molecule has 2 unspecified atom stereocenters. The first kappa shape index (κ1) is 11.1. The summed E-state index contributed by atoms with van der Waals surface area (Å²) in [6.45, 7) is 1.19. The molecule has 1 aliphatic heterocycles. The number of nitrogens with one attached hydrogen (secondary N) is 1. The van der Waals surface area contributed by atoms with E-state index >= 15 is 0 Å². The van der Waals surface area contributed by atoms with Gasteiger partial charge in [-0.1, -0.05) is 12.1 Å². The molecule has 0 bridgehead atoms. The maximum atomic E-state index is 5.57. The number of ether oxygens (including phenoxy) is 1. The van der Waals surface area contributed by atoms with E-state index in [1.54, 1.807) is 7.11 Å². The van der Waals surface area contributed by atoms with Gasteiger partial charge in [-0.3, -0.25) is 0 Å². The molecule has 17 heavy (non-hydrogen) atoms. The van der Waals surface area contributed by atoms with Crippen LogP contribution in [0.15, 0.2) is 18.2 Å². The van der Waals surface area contributed by atoms with Crippen molar-refractivity contribution in [3.63, 3.8) is 0 Å². The van der Waals surface area contributed by atoms with Crippen LogP contribution in [0.1, 0.15) is 42.7 Å². The number of methoxy groups -OCH3 is 1. The Balaban J connectivity index is 1.99. The van der Waals surface area contributed by atoms with Crippen LogP contribution >= 0.6 is 0 Å². The van der Waals surface area contributed by atoms with Gasteiger partial charge in [-0.15, -0.1) is 0 Å². The molecule has 1 aromatic rings. The van der Waals surface area contributed by atoms with E-state index in [1.807, 2.05) is 0 Å². The van der Waals surface area contributed by atoms with Gasteiger partial charge in [0.2, 0.25) is 0 Å². The van der Waals surface area contributed by atoms with E-state index in [2.05, 4.69) is 23.5 Å². The van der Waals surface area contributed by atoms with Crippen LogP contribution in [0.4, 0.5) is 0 Å². The predicted octanol–water partition coefficient (Wildman–Crippen LogP) is 2.87. The summed E-state index contributed by atoms with van der Waals surface area (Å²) in [4.78, 5) is 0. The molecule has 1 fully saturated rings. The Morgan fingerprint density at radius 2 is 2.18 bits per heavy atom. The van der Waals surface area contributed by atoms with Crippen molar-refractivity contribution in [1.82, 2.24) is 5.32 Å². The first-order valence-electron chi connectivity index (χ1n) is 6.79. The van der Waals surface area contributed by atoms with Crippen LogP contribution in [0.5, 0.6) is 5.75 Å². The summed E-state index contributed by atoms with van der Waals surface area (Å²) in [6, 6.07) is 7.19. The van der Waals surface area contributed by atoms with Crippen molar-refractivity contribution in [2.75, 3.05) is 13.7 Å². The monoisotopic (exact) mass is 231 g/mol. The van der Waals surface area contributed by atoms with Crippen LogP contribution < -0.4 is 10.1 Å². The van der Waals surface area contributed by atoms with Gasteiger partial charge in [0.15, 0.2) is 0 Å². The average Bonchev–Trinajstić information content (AvgIpc) is 2.91. The molecule has 0 radical (unpaired) electrons. The fourth-order valence-corrected chi connectivity index (χ4v) is 3.52. The van der Waals surface area contributed by atoms with Gasteiger partial charge in [0, 0.05) is 17.5 Å². The Morgan fingerprint density at radius 3 is 2.94 bits per heavy atom. The van der Waals surface area contributed by atoms with Gasteiger partial charge in [-0.25, -0.2) is 0 Å². The summed E-state index contributed by atoms with van der Waals surface area (Å²) >= 11 is 0. The molecule has 2 nitrogen and oxygen atoms in total. The molecule has 1 aromatic carbocycles. The summed E-state index contributed by atoms with van der Waals surface area (Å²) < 4.78 is 5.57. The highest BCUT2D eigenvalue weighted by Crippen LogP contribution is 2.41. The lowest BCUT2D eigenvalue weighted by molar-refractivity contribution is 0.377. The summed E-state index contributed by atoms with van der Waals surface area (Å²) in [5.41, 5.74) is 3.00. The van der Waals surface area contributed by atoms with Gasteiger partial charge < -0.3 is 10.1 Å². The smallest absolute Gasteiger partial charge is 0.122 e. The zero-order chi connectivity index (χ0) is 11.7. The second-order valence-corrected chi connectivity index (χ2v) is 5.23. The summed E-state index contributed by atoms with van der Waals surface area (Å²) in [5, 5.41) is 3.66. The number of hydrogen-bond donors (Lipinski definition) is 1. The maximum absolute atomic E-state index is 5.57. The number of rotatable bonds is 2. The first-order chi connectivity index (χ1) is 8.40. The summed E-state index contributed by atoms with van der Waals surface area (Å²) in [6.07, 6.45) is 6.50. The van der Waals surface area contributed by atoms with Gasteiger partial charge in [-0.2, -0.15) is 0 Å². The SMILES string of the molecule is COc1cccc2c1C(C1CCCN1)CCC2.